The molecule has 2 aromatic carbocycles. The molecule has 0 aliphatic rings. The first-order valence-electron chi connectivity index (χ1n) is 9.44. The maximum absolute atomic E-state index is 8.59. The van der Waals surface area contributed by atoms with Gasteiger partial charge in [0.25, 0.3) is 0 Å². The van der Waals surface area contributed by atoms with Gasteiger partial charge in [-0.25, -0.2) is 4.98 Å². The highest BCUT2D eigenvalue weighted by Crippen LogP contribution is 2.23. The minimum absolute atomic E-state index is 0.137. The number of aromatic amines is 1. The van der Waals surface area contributed by atoms with Crippen LogP contribution in [0.1, 0.15) is 44.1 Å². The van der Waals surface area contributed by atoms with Crippen LogP contribution in [-0.4, -0.2) is 16.6 Å². The lowest BCUT2D eigenvalue weighted by Crippen LogP contribution is -2.26. The summed E-state index contributed by atoms with van der Waals surface area (Å²) in [6.07, 6.45) is 1.27. The summed E-state index contributed by atoms with van der Waals surface area (Å²) in [6.45, 7) is 5.69. The van der Waals surface area contributed by atoms with Crippen LogP contribution in [0.15, 0.2) is 48.5 Å². The Kier molecular flexibility index (Phi) is 6.45. The van der Waals surface area contributed by atoms with Crippen LogP contribution in [0.2, 0.25) is 0 Å². The average molecular weight is 362 g/mol. The highest BCUT2D eigenvalue weighted by molar-refractivity contribution is 5.74. The van der Waals surface area contributed by atoms with E-state index < -0.39 is 0 Å². The number of para-hydroxylation sites is 2. The van der Waals surface area contributed by atoms with Gasteiger partial charge in [0.15, 0.2) is 0 Å². The van der Waals surface area contributed by atoms with Crippen molar-refractivity contribution in [1.29, 1.82) is 5.26 Å². The summed E-state index contributed by atoms with van der Waals surface area (Å²) in [7, 11) is 0. The number of ether oxygens (including phenoxy) is 1. The van der Waals surface area contributed by atoms with Gasteiger partial charge in [-0.2, -0.15) is 5.26 Å². The van der Waals surface area contributed by atoms with Crippen LogP contribution in [0.4, 0.5) is 0 Å². The van der Waals surface area contributed by atoms with E-state index in [2.05, 4.69) is 48.4 Å². The van der Waals surface area contributed by atoms with E-state index in [1.165, 1.54) is 0 Å². The molecule has 1 heterocycles. The number of fused-ring (bicyclic) bond motifs is 1. The first-order chi connectivity index (χ1) is 13.2. The van der Waals surface area contributed by atoms with E-state index in [-0.39, 0.29) is 6.04 Å². The van der Waals surface area contributed by atoms with Gasteiger partial charge in [-0.05, 0) is 42.2 Å². The fraction of sp³-hybridized carbons (Fsp3) is 0.364. The van der Waals surface area contributed by atoms with Gasteiger partial charge in [0.1, 0.15) is 11.6 Å². The van der Waals surface area contributed by atoms with E-state index in [4.69, 9.17) is 15.0 Å². The number of hydrogen-bond donors (Lipinski definition) is 2. The lowest BCUT2D eigenvalue weighted by Gasteiger charge is -2.20. The monoisotopic (exact) mass is 362 g/mol. The van der Waals surface area contributed by atoms with Crippen molar-refractivity contribution < 1.29 is 4.74 Å². The lowest BCUT2D eigenvalue weighted by molar-refractivity contribution is 0.312. The van der Waals surface area contributed by atoms with Crippen LogP contribution >= 0.6 is 0 Å². The van der Waals surface area contributed by atoms with Gasteiger partial charge in [0.05, 0.1) is 29.8 Å². The van der Waals surface area contributed by atoms with Crippen LogP contribution in [0.3, 0.4) is 0 Å². The van der Waals surface area contributed by atoms with E-state index in [0.29, 0.717) is 18.9 Å². The normalized spacial score (nSPS) is 12.2. The fourth-order valence-corrected chi connectivity index (χ4v) is 3.08. The summed E-state index contributed by atoms with van der Waals surface area (Å²) in [6, 6.07) is 18.5. The molecule has 0 radical (unpaired) electrons. The van der Waals surface area contributed by atoms with Crippen molar-refractivity contribution in [3.63, 3.8) is 0 Å². The highest BCUT2D eigenvalue weighted by atomic mass is 16.5. The molecule has 140 valence electrons. The number of benzene rings is 2. The Morgan fingerprint density at radius 2 is 2.04 bits per heavy atom. The Morgan fingerprint density at radius 1 is 1.19 bits per heavy atom. The maximum Gasteiger partial charge on any atom is 0.124 e. The Bertz CT molecular complexity index is 877. The third kappa shape index (κ3) is 5.08. The molecule has 5 nitrogen and oxygen atoms in total. The third-order valence-electron chi connectivity index (χ3n) is 4.50. The van der Waals surface area contributed by atoms with Crippen LogP contribution in [-0.2, 0) is 6.54 Å². The molecular formula is C22H26N4O. The summed E-state index contributed by atoms with van der Waals surface area (Å²) < 4.78 is 5.73. The third-order valence-corrected chi connectivity index (χ3v) is 4.50. The fourth-order valence-electron chi connectivity index (χ4n) is 3.08. The first-order valence-corrected chi connectivity index (χ1v) is 9.44. The first kappa shape index (κ1) is 18.9. The molecule has 1 atom stereocenters. The minimum atomic E-state index is 0.137. The average Bonchev–Trinajstić information content (AvgIpc) is 3.09. The number of aromatic nitrogens is 2. The van der Waals surface area contributed by atoms with Gasteiger partial charge in [0.2, 0.25) is 0 Å². The second-order valence-corrected chi connectivity index (χ2v) is 7.00. The zero-order valence-electron chi connectivity index (χ0n) is 15.9. The van der Waals surface area contributed by atoms with Crippen molar-refractivity contribution in [3.8, 4) is 11.8 Å². The predicted molar refractivity (Wildman–Crippen MR) is 107 cm³/mol. The molecule has 2 N–H and O–H groups in total. The van der Waals surface area contributed by atoms with Gasteiger partial charge in [-0.1, -0.05) is 38.1 Å². The second kappa shape index (κ2) is 9.20. The quantitative estimate of drug-likeness (QED) is 0.540. The SMILES string of the molecule is CC(C)C(NCc1cccc(OCCCC#N)c1)c1nc2ccccc2[nH]1. The number of nitriles is 1. The smallest absolute Gasteiger partial charge is 0.124 e. The Hall–Kier alpha value is -2.84. The number of unbranched alkanes of at least 4 members (excludes halogenated alkanes) is 1. The standard InChI is InChI=1S/C22H26N4O/c1-16(2)21(22-25-19-10-3-4-11-20(19)26-22)24-15-17-8-7-9-18(14-17)27-13-6-5-12-23/h3-4,7-11,14,16,21,24H,5-6,13,15H2,1-2H3,(H,25,26). The van der Waals surface area contributed by atoms with Crippen LogP contribution in [0.5, 0.6) is 5.75 Å². The maximum atomic E-state index is 8.59. The molecule has 0 amide bonds. The van der Waals surface area contributed by atoms with E-state index in [0.717, 1.165) is 41.1 Å². The van der Waals surface area contributed by atoms with Crippen molar-refractivity contribution in [2.24, 2.45) is 5.92 Å². The van der Waals surface area contributed by atoms with E-state index in [9.17, 15) is 0 Å². The largest absolute Gasteiger partial charge is 0.494 e. The van der Waals surface area contributed by atoms with Crippen molar-refractivity contribution in [3.05, 3.63) is 59.9 Å². The number of nitrogens with zero attached hydrogens (tertiary/aromatic N) is 2. The van der Waals surface area contributed by atoms with Crippen LogP contribution in [0.25, 0.3) is 11.0 Å². The molecule has 1 unspecified atom stereocenters. The molecule has 0 spiro atoms. The predicted octanol–water partition coefficient (Wildman–Crippen LogP) is 4.73. The van der Waals surface area contributed by atoms with Crippen molar-refractivity contribution in [2.75, 3.05) is 6.61 Å². The zero-order valence-corrected chi connectivity index (χ0v) is 15.9. The molecular weight excluding hydrogens is 336 g/mol. The van der Waals surface area contributed by atoms with E-state index >= 15 is 0 Å². The van der Waals surface area contributed by atoms with Gasteiger partial charge < -0.3 is 15.0 Å². The van der Waals surface area contributed by atoms with Gasteiger partial charge >= 0.3 is 0 Å². The summed E-state index contributed by atoms with van der Waals surface area (Å²) in [4.78, 5) is 8.19. The molecule has 3 aromatic rings. The number of H-pyrrole nitrogens is 1. The number of imidazole rings is 1. The Balaban J connectivity index is 1.65. The van der Waals surface area contributed by atoms with Crippen LogP contribution < -0.4 is 10.1 Å². The molecule has 0 saturated heterocycles. The molecule has 1 aromatic heterocycles. The molecule has 0 bridgehead atoms. The summed E-state index contributed by atoms with van der Waals surface area (Å²) in [5.74, 6) is 2.21. The summed E-state index contributed by atoms with van der Waals surface area (Å²) in [5.41, 5.74) is 3.22. The molecule has 3 rings (SSSR count). The topological polar surface area (TPSA) is 73.7 Å². The van der Waals surface area contributed by atoms with Gasteiger partial charge in [-0.3, -0.25) is 0 Å². The molecule has 0 aliphatic heterocycles. The number of rotatable bonds is 9. The molecule has 5 heteroatoms. The summed E-state index contributed by atoms with van der Waals surface area (Å²) in [5, 5.41) is 12.2. The summed E-state index contributed by atoms with van der Waals surface area (Å²) >= 11 is 0. The molecule has 0 aliphatic carbocycles. The number of nitrogens with one attached hydrogen (secondary N) is 2. The van der Waals surface area contributed by atoms with E-state index in [1.54, 1.807) is 0 Å². The second-order valence-electron chi connectivity index (χ2n) is 7.00. The van der Waals surface area contributed by atoms with Crippen molar-refractivity contribution >= 4 is 11.0 Å². The molecule has 27 heavy (non-hydrogen) atoms. The van der Waals surface area contributed by atoms with Crippen molar-refractivity contribution in [1.82, 2.24) is 15.3 Å². The highest BCUT2D eigenvalue weighted by Gasteiger charge is 2.19. The van der Waals surface area contributed by atoms with E-state index in [1.807, 2.05) is 30.3 Å². The number of hydrogen-bond acceptors (Lipinski definition) is 4. The molecule has 0 fully saturated rings. The van der Waals surface area contributed by atoms with Crippen molar-refractivity contribution in [2.45, 2.75) is 39.3 Å². The lowest BCUT2D eigenvalue weighted by atomic mass is 10.0. The van der Waals surface area contributed by atoms with Crippen LogP contribution in [0, 0.1) is 17.2 Å². The Labute approximate surface area is 160 Å². The van der Waals surface area contributed by atoms with Gasteiger partial charge in [0, 0.05) is 13.0 Å². The zero-order chi connectivity index (χ0) is 19.1. The van der Waals surface area contributed by atoms with Gasteiger partial charge in [-0.15, -0.1) is 0 Å². The molecule has 0 saturated carbocycles. The Morgan fingerprint density at radius 3 is 2.81 bits per heavy atom. The minimum Gasteiger partial charge on any atom is -0.494 e.